The maximum atomic E-state index is 9.65. The molecule has 1 aliphatic heterocycles. The van der Waals surface area contributed by atoms with Crippen LogP contribution in [-0.4, -0.2) is 48.5 Å². The summed E-state index contributed by atoms with van der Waals surface area (Å²) >= 11 is 0. The zero-order chi connectivity index (χ0) is 10.0. The summed E-state index contributed by atoms with van der Waals surface area (Å²) in [4.78, 5) is 0. The van der Waals surface area contributed by atoms with Crippen LogP contribution in [0.1, 0.15) is 6.92 Å². The van der Waals surface area contributed by atoms with Crippen molar-refractivity contribution in [3.05, 3.63) is 0 Å². The van der Waals surface area contributed by atoms with Crippen molar-refractivity contribution in [2.75, 3.05) is 13.7 Å². The zero-order valence-corrected chi connectivity index (χ0v) is 7.88. The normalized spacial score (nSPS) is 46.4. The molecule has 0 radical (unpaired) electrons. The quantitative estimate of drug-likeness (QED) is 0.504. The minimum absolute atomic E-state index is 0.134. The predicted octanol–water partition coefficient (Wildman–Crippen LogP) is -1.33. The minimum atomic E-state index is -0.698. The van der Waals surface area contributed by atoms with Gasteiger partial charge >= 0.3 is 0 Å². The molecule has 0 aliphatic carbocycles. The molecular formula is C8H17NO4. The lowest BCUT2D eigenvalue weighted by atomic mass is 9.90. The van der Waals surface area contributed by atoms with Gasteiger partial charge in [0.25, 0.3) is 0 Å². The summed E-state index contributed by atoms with van der Waals surface area (Å²) in [7, 11) is 1.46. The second-order valence-electron chi connectivity index (χ2n) is 3.39. The third kappa shape index (κ3) is 2.00. The Morgan fingerprint density at radius 1 is 1.54 bits per heavy atom. The lowest BCUT2D eigenvalue weighted by molar-refractivity contribution is -0.240. The third-order valence-corrected chi connectivity index (χ3v) is 2.55. The number of nitrogens with two attached hydrogens (primary N) is 1. The number of rotatable bonds is 2. The summed E-state index contributed by atoms with van der Waals surface area (Å²) in [5, 5.41) is 18.6. The van der Waals surface area contributed by atoms with E-state index in [2.05, 4.69) is 0 Å². The van der Waals surface area contributed by atoms with E-state index in [1.807, 2.05) is 0 Å². The van der Waals surface area contributed by atoms with Gasteiger partial charge in [0.2, 0.25) is 0 Å². The molecule has 5 heteroatoms. The van der Waals surface area contributed by atoms with Crippen molar-refractivity contribution in [3.8, 4) is 0 Å². The minimum Gasteiger partial charge on any atom is -0.394 e. The van der Waals surface area contributed by atoms with Crippen molar-refractivity contribution >= 4 is 0 Å². The second kappa shape index (κ2) is 4.34. The smallest absolute Gasteiger partial charge is 0.175 e. The van der Waals surface area contributed by atoms with E-state index in [1.165, 1.54) is 7.11 Å². The highest BCUT2D eigenvalue weighted by molar-refractivity contribution is 4.88. The topological polar surface area (TPSA) is 84.9 Å². The molecule has 13 heavy (non-hydrogen) atoms. The number of aliphatic hydroxyl groups excluding tert-OH is 2. The van der Waals surface area contributed by atoms with Gasteiger partial charge in [0.1, 0.15) is 0 Å². The average Bonchev–Trinajstić information content (AvgIpc) is 2.15. The maximum absolute atomic E-state index is 9.65. The fourth-order valence-corrected chi connectivity index (χ4v) is 1.54. The van der Waals surface area contributed by atoms with Gasteiger partial charge in [-0.3, -0.25) is 0 Å². The fourth-order valence-electron chi connectivity index (χ4n) is 1.54. The maximum Gasteiger partial charge on any atom is 0.175 e. The van der Waals surface area contributed by atoms with Crippen LogP contribution in [-0.2, 0) is 9.47 Å². The number of hydrogen-bond donors (Lipinski definition) is 3. The van der Waals surface area contributed by atoms with Gasteiger partial charge in [-0.1, -0.05) is 6.92 Å². The molecule has 0 aromatic carbocycles. The van der Waals surface area contributed by atoms with E-state index in [4.69, 9.17) is 20.3 Å². The molecule has 4 N–H and O–H groups in total. The summed E-state index contributed by atoms with van der Waals surface area (Å²) in [5.74, 6) is -0.175. The van der Waals surface area contributed by atoms with Crippen LogP contribution >= 0.6 is 0 Å². The molecule has 0 aromatic rings. The Kier molecular flexibility index (Phi) is 3.63. The Balaban J connectivity index is 2.66. The monoisotopic (exact) mass is 191 g/mol. The number of aliphatic hydroxyl groups is 2. The number of hydrogen-bond acceptors (Lipinski definition) is 5. The van der Waals surface area contributed by atoms with E-state index in [9.17, 15) is 5.11 Å². The van der Waals surface area contributed by atoms with Crippen molar-refractivity contribution in [3.63, 3.8) is 0 Å². The Morgan fingerprint density at radius 2 is 2.15 bits per heavy atom. The van der Waals surface area contributed by atoms with E-state index in [1.54, 1.807) is 6.92 Å². The molecule has 0 amide bonds. The van der Waals surface area contributed by atoms with Crippen LogP contribution < -0.4 is 5.73 Å². The molecule has 0 aromatic heterocycles. The van der Waals surface area contributed by atoms with Crippen LogP contribution in [0.4, 0.5) is 0 Å². The van der Waals surface area contributed by atoms with Gasteiger partial charge in [-0.2, -0.15) is 0 Å². The van der Waals surface area contributed by atoms with Crippen LogP contribution in [0.3, 0.4) is 0 Å². The predicted molar refractivity (Wildman–Crippen MR) is 45.9 cm³/mol. The molecule has 0 spiro atoms. The number of methoxy groups -OCH3 is 1. The summed E-state index contributed by atoms with van der Waals surface area (Å²) in [6, 6.07) is -0.553. The first-order chi connectivity index (χ1) is 6.11. The largest absolute Gasteiger partial charge is 0.394 e. The van der Waals surface area contributed by atoms with Crippen LogP contribution in [0, 0.1) is 5.92 Å². The van der Waals surface area contributed by atoms with E-state index in [0.29, 0.717) is 0 Å². The fraction of sp³-hybridized carbons (Fsp3) is 1.00. The molecule has 1 aliphatic rings. The number of ether oxygens (including phenoxy) is 2. The van der Waals surface area contributed by atoms with E-state index in [-0.39, 0.29) is 12.5 Å². The Labute approximate surface area is 77.4 Å². The highest BCUT2D eigenvalue weighted by Gasteiger charge is 2.40. The molecule has 0 bridgehead atoms. The van der Waals surface area contributed by atoms with Gasteiger partial charge in [0.05, 0.1) is 24.9 Å². The first kappa shape index (κ1) is 10.9. The summed E-state index contributed by atoms with van der Waals surface area (Å²) < 4.78 is 10.3. The Bertz CT molecular complexity index is 146. The van der Waals surface area contributed by atoms with Gasteiger partial charge in [0, 0.05) is 13.0 Å². The van der Waals surface area contributed by atoms with Gasteiger partial charge in [-0.25, -0.2) is 0 Å². The Morgan fingerprint density at radius 3 is 2.62 bits per heavy atom. The molecule has 1 rings (SSSR count). The lowest BCUT2D eigenvalue weighted by Crippen LogP contribution is -2.58. The van der Waals surface area contributed by atoms with Gasteiger partial charge < -0.3 is 25.4 Å². The molecule has 5 nitrogen and oxygen atoms in total. The summed E-state index contributed by atoms with van der Waals surface area (Å²) in [6.45, 7) is 1.65. The first-order valence-electron chi connectivity index (χ1n) is 4.34. The van der Waals surface area contributed by atoms with Crippen LogP contribution in [0.5, 0.6) is 0 Å². The SMILES string of the molecule is COC1O[C@H](CO)[C@H](C)[C@H](O)[C@H]1N. The van der Waals surface area contributed by atoms with Crippen molar-refractivity contribution < 1.29 is 19.7 Å². The van der Waals surface area contributed by atoms with Crippen molar-refractivity contribution in [2.45, 2.75) is 31.5 Å². The second-order valence-corrected chi connectivity index (χ2v) is 3.39. The van der Waals surface area contributed by atoms with E-state index < -0.39 is 24.5 Å². The van der Waals surface area contributed by atoms with Crippen LogP contribution in [0.25, 0.3) is 0 Å². The van der Waals surface area contributed by atoms with Gasteiger partial charge in [-0.15, -0.1) is 0 Å². The van der Waals surface area contributed by atoms with Gasteiger partial charge in [0.15, 0.2) is 6.29 Å². The Hall–Kier alpha value is -0.200. The molecule has 1 unspecified atom stereocenters. The highest BCUT2D eigenvalue weighted by Crippen LogP contribution is 2.24. The van der Waals surface area contributed by atoms with Gasteiger partial charge in [-0.05, 0) is 0 Å². The van der Waals surface area contributed by atoms with E-state index >= 15 is 0 Å². The summed E-state index contributed by atoms with van der Waals surface area (Å²) in [5.41, 5.74) is 5.66. The standard InChI is InChI=1S/C8H17NO4/c1-4-5(3-10)13-8(12-2)6(9)7(4)11/h4-8,10-11H,3,9H2,1-2H3/t4-,5+,6+,7-,8?/m0/s1. The van der Waals surface area contributed by atoms with Crippen molar-refractivity contribution in [1.29, 1.82) is 0 Å². The average molecular weight is 191 g/mol. The zero-order valence-electron chi connectivity index (χ0n) is 7.88. The van der Waals surface area contributed by atoms with Crippen molar-refractivity contribution in [1.82, 2.24) is 0 Å². The lowest BCUT2D eigenvalue weighted by Gasteiger charge is -2.40. The summed E-state index contributed by atoms with van der Waals surface area (Å²) in [6.07, 6.45) is -1.74. The van der Waals surface area contributed by atoms with E-state index in [0.717, 1.165) is 0 Å². The molecule has 1 saturated heterocycles. The molecule has 1 fully saturated rings. The van der Waals surface area contributed by atoms with Crippen molar-refractivity contribution in [2.24, 2.45) is 11.7 Å². The molecule has 78 valence electrons. The van der Waals surface area contributed by atoms with Crippen LogP contribution in [0.2, 0.25) is 0 Å². The highest BCUT2D eigenvalue weighted by atomic mass is 16.7. The van der Waals surface area contributed by atoms with Crippen LogP contribution in [0.15, 0.2) is 0 Å². The molecule has 0 saturated carbocycles. The molecular weight excluding hydrogens is 174 g/mol. The third-order valence-electron chi connectivity index (χ3n) is 2.55. The molecule has 1 heterocycles. The first-order valence-corrected chi connectivity index (χ1v) is 4.34. The molecule has 5 atom stereocenters.